The standard InChI is InChI=1S/C17H27NO3/c1-18-16(12-21-13-7-5-4-6-8-13)15-10-9-14(19-2)11-17(15)20-3/h9-11,13,16,18H,4-8,12H2,1-3H3. The lowest BCUT2D eigenvalue weighted by Crippen LogP contribution is -2.26. The summed E-state index contributed by atoms with van der Waals surface area (Å²) in [5, 5.41) is 3.32. The minimum atomic E-state index is 0.132. The molecule has 1 aromatic carbocycles. The lowest BCUT2D eigenvalue weighted by Gasteiger charge is -2.26. The Morgan fingerprint density at radius 3 is 2.52 bits per heavy atom. The van der Waals surface area contributed by atoms with Gasteiger partial charge in [-0.05, 0) is 32.0 Å². The molecule has 1 aromatic rings. The van der Waals surface area contributed by atoms with Crippen molar-refractivity contribution < 1.29 is 14.2 Å². The zero-order chi connectivity index (χ0) is 15.1. The van der Waals surface area contributed by atoms with E-state index < -0.39 is 0 Å². The maximum absolute atomic E-state index is 6.10. The molecule has 0 saturated heterocycles. The van der Waals surface area contributed by atoms with Crippen molar-refractivity contribution in [3.05, 3.63) is 23.8 Å². The zero-order valence-electron chi connectivity index (χ0n) is 13.4. The second-order valence-corrected chi connectivity index (χ2v) is 5.54. The van der Waals surface area contributed by atoms with Crippen molar-refractivity contribution in [3.8, 4) is 11.5 Å². The van der Waals surface area contributed by atoms with Crippen LogP contribution < -0.4 is 14.8 Å². The van der Waals surface area contributed by atoms with E-state index >= 15 is 0 Å². The predicted molar refractivity (Wildman–Crippen MR) is 84.2 cm³/mol. The second-order valence-electron chi connectivity index (χ2n) is 5.54. The van der Waals surface area contributed by atoms with Gasteiger partial charge >= 0.3 is 0 Å². The average molecular weight is 293 g/mol. The molecular formula is C17H27NO3. The third kappa shape index (κ3) is 4.35. The van der Waals surface area contributed by atoms with Crippen LogP contribution >= 0.6 is 0 Å². The molecule has 118 valence electrons. The highest BCUT2D eigenvalue weighted by molar-refractivity contribution is 5.42. The minimum absolute atomic E-state index is 0.132. The normalized spacial score (nSPS) is 17.5. The van der Waals surface area contributed by atoms with Crippen LogP contribution in [0.15, 0.2) is 18.2 Å². The van der Waals surface area contributed by atoms with Crippen molar-refractivity contribution in [2.24, 2.45) is 0 Å². The number of hydrogen-bond acceptors (Lipinski definition) is 4. The third-order valence-corrected chi connectivity index (χ3v) is 4.22. The Labute approximate surface area is 127 Å². The van der Waals surface area contributed by atoms with Crippen LogP contribution in [0, 0.1) is 0 Å². The summed E-state index contributed by atoms with van der Waals surface area (Å²) in [5.74, 6) is 1.64. The molecule has 0 amide bonds. The van der Waals surface area contributed by atoms with Crippen LogP contribution in [0.25, 0.3) is 0 Å². The second kappa shape index (κ2) is 8.25. The fourth-order valence-corrected chi connectivity index (χ4v) is 2.90. The molecule has 0 spiro atoms. The van der Waals surface area contributed by atoms with E-state index in [-0.39, 0.29) is 6.04 Å². The first-order valence-electron chi connectivity index (χ1n) is 7.79. The number of benzene rings is 1. The van der Waals surface area contributed by atoms with E-state index in [1.54, 1.807) is 14.2 Å². The summed E-state index contributed by atoms with van der Waals surface area (Å²) in [4.78, 5) is 0. The molecule has 0 aromatic heterocycles. The molecule has 1 aliphatic rings. The van der Waals surface area contributed by atoms with Crippen molar-refractivity contribution in [2.45, 2.75) is 44.2 Å². The molecule has 4 heteroatoms. The van der Waals surface area contributed by atoms with Gasteiger partial charge in [0, 0.05) is 11.6 Å². The fourth-order valence-electron chi connectivity index (χ4n) is 2.90. The number of likely N-dealkylation sites (N-methyl/N-ethyl adjacent to an activating group) is 1. The van der Waals surface area contributed by atoms with Crippen LogP contribution in [0.5, 0.6) is 11.5 Å². The third-order valence-electron chi connectivity index (χ3n) is 4.22. The average Bonchev–Trinajstić information content (AvgIpc) is 2.56. The first kappa shape index (κ1) is 16.1. The van der Waals surface area contributed by atoms with Gasteiger partial charge in [0.25, 0.3) is 0 Å². The molecule has 2 rings (SSSR count). The molecule has 0 aliphatic heterocycles. The zero-order valence-corrected chi connectivity index (χ0v) is 13.4. The Morgan fingerprint density at radius 1 is 1.14 bits per heavy atom. The highest BCUT2D eigenvalue weighted by Gasteiger charge is 2.19. The Hall–Kier alpha value is -1.26. The van der Waals surface area contributed by atoms with E-state index in [4.69, 9.17) is 14.2 Å². The summed E-state index contributed by atoms with van der Waals surface area (Å²) >= 11 is 0. The van der Waals surface area contributed by atoms with Crippen molar-refractivity contribution in [2.75, 3.05) is 27.9 Å². The Bertz CT molecular complexity index is 430. The minimum Gasteiger partial charge on any atom is -0.497 e. The summed E-state index contributed by atoms with van der Waals surface area (Å²) < 4.78 is 16.8. The SMILES string of the molecule is CNC(COC1CCCCC1)c1ccc(OC)cc1OC. The summed E-state index contributed by atoms with van der Waals surface area (Å²) in [6.45, 7) is 0.670. The largest absolute Gasteiger partial charge is 0.497 e. The van der Waals surface area contributed by atoms with E-state index in [0.29, 0.717) is 12.7 Å². The first-order chi connectivity index (χ1) is 10.3. The highest BCUT2D eigenvalue weighted by atomic mass is 16.5. The van der Waals surface area contributed by atoms with Crippen molar-refractivity contribution in [1.82, 2.24) is 5.32 Å². The van der Waals surface area contributed by atoms with E-state index in [9.17, 15) is 0 Å². The molecule has 0 heterocycles. The molecule has 1 saturated carbocycles. The number of rotatable bonds is 7. The van der Waals surface area contributed by atoms with Gasteiger partial charge in [-0.15, -0.1) is 0 Å². The monoisotopic (exact) mass is 293 g/mol. The van der Waals surface area contributed by atoms with Gasteiger partial charge < -0.3 is 19.5 Å². The Kier molecular flexibility index (Phi) is 6.33. The maximum atomic E-state index is 6.10. The van der Waals surface area contributed by atoms with Gasteiger partial charge in [-0.2, -0.15) is 0 Å². The van der Waals surface area contributed by atoms with Gasteiger partial charge in [-0.1, -0.05) is 19.3 Å². The van der Waals surface area contributed by atoms with E-state index in [1.165, 1.54) is 32.1 Å². The predicted octanol–water partition coefficient (Wildman–Crippen LogP) is 3.31. The summed E-state index contributed by atoms with van der Waals surface area (Å²) in [6, 6.07) is 6.05. The molecule has 1 N–H and O–H groups in total. The van der Waals surface area contributed by atoms with Crippen LogP contribution in [0.4, 0.5) is 0 Å². The molecule has 0 bridgehead atoms. The number of hydrogen-bond donors (Lipinski definition) is 1. The first-order valence-corrected chi connectivity index (χ1v) is 7.79. The van der Waals surface area contributed by atoms with E-state index in [2.05, 4.69) is 5.32 Å². The fraction of sp³-hybridized carbons (Fsp3) is 0.647. The summed E-state index contributed by atoms with van der Waals surface area (Å²) in [5.41, 5.74) is 1.11. The topological polar surface area (TPSA) is 39.7 Å². The van der Waals surface area contributed by atoms with Crippen LogP contribution in [0.1, 0.15) is 43.7 Å². The molecule has 0 radical (unpaired) electrons. The quantitative estimate of drug-likeness (QED) is 0.837. The molecule has 1 aliphatic carbocycles. The number of nitrogens with one attached hydrogen (secondary N) is 1. The van der Waals surface area contributed by atoms with Gasteiger partial charge in [-0.3, -0.25) is 0 Å². The molecule has 1 fully saturated rings. The molecule has 4 nitrogen and oxygen atoms in total. The molecule has 21 heavy (non-hydrogen) atoms. The van der Waals surface area contributed by atoms with Gasteiger partial charge in [0.15, 0.2) is 0 Å². The number of methoxy groups -OCH3 is 2. The summed E-state index contributed by atoms with van der Waals surface area (Å²) in [7, 11) is 5.31. The number of ether oxygens (including phenoxy) is 3. The maximum Gasteiger partial charge on any atom is 0.127 e. The van der Waals surface area contributed by atoms with Gasteiger partial charge in [0.2, 0.25) is 0 Å². The van der Waals surface area contributed by atoms with E-state index in [1.807, 2.05) is 25.2 Å². The smallest absolute Gasteiger partial charge is 0.127 e. The van der Waals surface area contributed by atoms with Crippen molar-refractivity contribution >= 4 is 0 Å². The Morgan fingerprint density at radius 2 is 1.90 bits per heavy atom. The molecular weight excluding hydrogens is 266 g/mol. The van der Waals surface area contributed by atoms with Crippen molar-refractivity contribution in [3.63, 3.8) is 0 Å². The lowest BCUT2D eigenvalue weighted by atomic mass is 9.97. The molecule has 1 unspecified atom stereocenters. The highest BCUT2D eigenvalue weighted by Crippen LogP contribution is 2.30. The van der Waals surface area contributed by atoms with Gasteiger partial charge in [0.1, 0.15) is 11.5 Å². The van der Waals surface area contributed by atoms with Gasteiger partial charge in [-0.25, -0.2) is 0 Å². The van der Waals surface area contributed by atoms with Gasteiger partial charge in [0.05, 0.1) is 33.0 Å². The van der Waals surface area contributed by atoms with Crippen LogP contribution in [-0.4, -0.2) is 34.0 Å². The van der Waals surface area contributed by atoms with Crippen LogP contribution in [0.2, 0.25) is 0 Å². The van der Waals surface area contributed by atoms with Crippen LogP contribution in [0.3, 0.4) is 0 Å². The van der Waals surface area contributed by atoms with Crippen molar-refractivity contribution in [1.29, 1.82) is 0 Å². The lowest BCUT2D eigenvalue weighted by molar-refractivity contribution is 0.0163. The van der Waals surface area contributed by atoms with E-state index in [0.717, 1.165) is 17.1 Å². The Balaban J connectivity index is 2.02. The molecule has 1 atom stereocenters. The summed E-state index contributed by atoms with van der Waals surface area (Å²) in [6.07, 6.45) is 6.73. The van der Waals surface area contributed by atoms with Crippen LogP contribution in [-0.2, 0) is 4.74 Å².